The molecule has 0 radical (unpaired) electrons. The Morgan fingerprint density at radius 1 is 0.862 bits per heavy atom. The summed E-state index contributed by atoms with van der Waals surface area (Å²) in [4.78, 5) is 0. The Morgan fingerprint density at radius 2 is 1.48 bits per heavy atom. The van der Waals surface area contributed by atoms with Crippen molar-refractivity contribution in [2.45, 2.75) is 44.4 Å². The molecule has 3 heteroatoms. The van der Waals surface area contributed by atoms with Crippen LogP contribution in [0, 0.1) is 41.2 Å². The molecule has 2 fully saturated rings. The summed E-state index contributed by atoms with van der Waals surface area (Å²) in [6, 6.07) is 10.6. The zero-order chi connectivity index (χ0) is 20.4. The molecule has 2 aromatic rings. The molecular weight excluding hydrogens is 386 g/mol. The average Bonchev–Trinajstić information content (AvgIpc) is 2.75. The first-order valence-electron chi connectivity index (χ1n) is 10.4. The first kappa shape index (κ1) is 20.2. The summed E-state index contributed by atoms with van der Waals surface area (Å²) >= 11 is 5.51. The van der Waals surface area contributed by atoms with Crippen molar-refractivity contribution < 1.29 is 8.78 Å². The van der Waals surface area contributed by atoms with Gasteiger partial charge in [-0.2, -0.15) is 0 Å². The van der Waals surface area contributed by atoms with Gasteiger partial charge in [0.15, 0.2) is 0 Å². The molecule has 2 aliphatic carbocycles. The minimum Gasteiger partial charge on any atom is -0.205 e. The van der Waals surface area contributed by atoms with Crippen molar-refractivity contribution in [3.63, 3.8) is 0 Å². The van der Waals surface area contributed by atoms with Crippen molar-refractivity contribution in [2.24, 2.45) is 17.8 Å². The van der Waals surface area contributed by atoms with E-state index in [-0.39, 0.29) is 5.56 Å². The number of hydrogen-bond donors (Lipinski definition) is 0. The van der Waals surface area contributed by atoms with E-state index in [0.29, 0.717) is 11.8 Å². The number of rotatable bonds is 2. The van der Waals surface area contributed by atoms with Crippen LogP contribution in [-0.2, 0) is 0 Å². The van der Waals surface area contributed by atoms with E-state index in [1.807, 2.05) is 12.1 Å². The van der Waals surface area contributed by atoms with Crippen LogP contribution in [0.2, 0.25) is 5.02 Å². The summed E-state index contributed by atoms with van der Waals surface area (Å²) < 4.78 is 27.1. The van der Waals surface area contributed by atoms with Crippen LogP contribution in [0.1, 0.15) is 61.1 Å². The first-order valence-corrected chi connectivity index (χ1v) is 10.8. The zero-order valence-electron chi connectivity index (χ0n) is 16.4. The largest absolute Gasteiger partial charge is 0.205 e. The molecule has 2 saturated carbocycles. The maximum Gasteiger partial charge on any atom is 0.146 e. The quantitative estimate of drug-likeness (QED) is 0.273. The van der Waals surface area contributed by atoms with Crippen LogP contribution in [0.5, 0.6) is 0 Å². The SMILES string of the molecule is C=CC1CCC2CC(c3ccc(C#Cc4cc(F)c(Cl)c(F)c4)cc3)CCC2C1. The highest BCUT2D eigenvalue weighted by Gasteiger charge is 2.35. The Hall–Kier alpha value is -2.11. The summed E-state index contributed by atoms with van der Waals surface area (Å²) in [6.45, 7) is 3.99. The second-order valence-electron chi connectivity index (χ2n) is 8.46. The van der Waals surface area contributed by atoms with Crippen molar-refractivity contribution in [2.75, 3.05) is 0 Å². The van der Waals surface area contributed by atoms with Gasteiger partial charge in [0, 0.05) is 11.1 Å². The third kappa shape index (κ3) is 4.57. The molecule has 29 heavy (non-hydrogen) atoms. The standard InChI is InChI=1S/C26H25ClF2/c1-2-17-5-10-23-16-22(12-11-21(23)13-17)20-8-6-18(7-9-20)3-4-19-14-24(28)26(27)25(29)15-19/h2,6-9,14-15,17,21-23H,1,5,10-13,16H2. The number of fused-ring (bicyclic) bond motifs is 1. The van der Waals surface area contributed by atoms with Gasteiger partial charge in [-0.1, -0.05) is 41.7 Å². The minimum atomic E-state index is -0.788. The number of halogens is 3. The molecule has 0 nitrogen and oxygen atoms in total. The van der Waals surface area contributed by atoms with Crippen LogP contribution in [0.4, 0.5) is 8.78 Å². The molecule has 0 aromatic heterocycles. The third-order valence-electron chi connectivity index (χ3n) is 6.70. The molecule has 4 unspecified atom stereocenters. The van der Waals surface area contributed by atoms with E-state index >= 15 is 0 Å². The Kier molecular flexibility index (Phi) is 6.07. The van der Waals surface area contributed by atoms with Gasteiger partial charge in [0.05, 0.1) is 0 Å². The maximum atomic E-state index is 13.5. The van der Waals surface area contributed by atoms with Gasteiger partial charge in [0.2, 0.25) is 0 Å². The summed E-state index contributed by atoms with van der Waals surface area (Å²) in [7, 11) is 0. The molecule has 0 N–H and O–H groups in total. The highest BCUT2D eigenvalue weighted by molar-refractivity contribution is 6.30. The molecule has 0 amide bonds. The highest BCUT2D eigenvalue weighted by Crippen LogP contribution is 2.47. The lowest BCUT2D eigenvalue weighted by Gasteiger charge is -2.41. The number of hydrogen-bond acceptors (Lipinski definition) is 0. The van der Waals surface area contributed by atoms with Crippen LogP contribution in [0.3, 0.4) is 0 Å². The Labute approximate surface area is 177 Å². The van der Waals surface area contributed by atoms with Gasteiger partial charge in [-0.05, 0) is 92.0 Å². The Balaban J connectivity index is 1.42. The van der Waals surface area contributed by atoms with Crippen LogP contribution in [0.25, 0.3) is 0 Å². The summed E-state index contributed by atoms with van der Waals surface area (Å²) in [6.07, 6.45) is 9.93. The molecule has 0 bridgehead atoms. The van der Waals surface area contributed by atoms with Crippen LogP contribution in [0.15, 0.2) is 49.1 Å². The molecule has 4 rings (SSSR count). The predicted octanol–water partition coefficient (Wildman–Crippen LogP) is 7.50. The van der Waals surface area contributed by atoms with E-state index < -0.39 is 16.7 Å². The van der Waals surface area contributed by atoms with E-state index in [1.54, 1.807) is 0 Å². The van der Waals surface area contributed by atoms with E-state index in [2.05, 4.69) is 36.6 Å². The van der Waals surface area contributed by atoms with Crippen molar-refractivity contribution >= 4 is 11.6 Å². The minimum absolute atomic E-state index is 0.280. The van der Waals surface area contributed by atoms with Gasteiger partial charge in [-0.25, -0.2) is 8.78 Å². The lowest BCUT2D eigenvalue weighted by Crippen LogP contribution is -2.29. The second-order valence-corrected chi connectivity index (χ2v) is 8.84. The lowest BCUT2D eigenvalue weighted by molar-refractivity contribution is 0.133. The normalized spacial score (nSPS) is 26.2. The van der Waals surface area contributed by atoms with E-state index in [0.717, 1.165) is 29.5 Å². The molecule has 4 atom stereocenters. The second kappa shape index (κ2) is 8.72. The van der Waals surface area contributed by atoms with Gasteiger partial charge in [-0.3, -0.25) is 0 Å². The molecule has 0 saturated heterocycles. The van der Waals surface area contributed by atoms with Crippen LogP contribution >= 0.6 is 11.6 Å². The third-order valence-corrected chi connectivity index (χ3v) is 7.07. The van der Waals surface area contributed by atoms with Crippen molar-refractivity contribution in [3.8, 4) is 11.8 Å². The fourth-order valence-corrected chi connectivity index (χ4v) is 5.16. The zero-order valence-corrected chi connectivity index (χ0v) is 17.2. The van der Waals surface area contributed by atoms with Crippen molar-refractivity contribution in [1.82, 2.24) is 0 Å². The first-order chi connectivity index (χ1) is 14.0. The van der Waals surface area contributed by atoms with E-state index in [4.69, 9.17) is 11.6 Å². The molecule has 150 valence electrons. The fraction of sp³-hybridized carbons (Fsp3) is 0.385. The molecular formula is C26H25ClF2. The smallest absolute Gasteiger partial charge is 0.146 e. The Bertz CT molecular complexity index is 928. The van der Waals surface area contributed by atoms with Crippen molar-refractivity contribution in [1.29, 1.82) is 0 Å². The molecule has 0 aliphatic heterocycles. The van der Waals surface area contributed by atoms with Gasteiger partial charge >= 0.3 is 0 Å². The van der Waals surface area contributed by atoms with Gasteiger partial charge < -0.3 is 0 Å². The highest BCUT2D eigenvalue weighted by atomic mass is 35.5. The lowest BCUT2D eigenvalue weighted by atomic mass is 9.64. The van der Waals surface area contributed by atoms with E-state index in [1.165, 1.54) is 44.1 Å². The summed E-state index contributed by atoms with van der Waals surface area (Å²) in [5.41, 5.74) is 2.50. The molecule has 0 heterocycles. The van der Waals surface area contributed by atoms with Gasteiger partial charge in [0.1, 0.15) is 16.7 Å². The predicted molar refractivity (Wildman–Crippen MR) is 115 cm³/mol. The average molecular weight is 411 g/mol. The molecule has 0 spiro atoms. The van der Waals surface area contributed by atoms with Crippen LogP contribution < -0.4 is 0 Å². The monoisotopic (exact) mass is 410 g/mol. The summed E-state index contributed by atoms with van der Waals surface area (Å²) in [5.74, 6) is 7.28. The Morgan fingerprint density at radius 3 is 2.17 bits per heavy atom. The van der Waals surface area contributed by atoms with Crippen LogP contribution in [-0.4, -0.2) is 0 Å². The number of benzene rings is 2. The van der Waals surface area contributed by atoms with Gasteiger partial charge in [-0.15, -0.1) is 6.58 Å². The van der Waals surface area contributed by atoms with E-state index in [9.17, 15) is 8.78 Å². The summed E-state index contributed by atoms with van der Waals surface area (Å²) in [5, 5.41) is -0.493. The van der Waals surface area contributed by atoms with Crippen molar-refractivity contribution in [3.05, 3.63) is 82.4 Å². The topological polar surface area (TPSA) is 0 Å². The van der Waals surface area contributed by atoms with Gasteiger partial charge in [0.25, 0.3) is 0 Å². The molecule has 2 aliphatic rings. The maximum absolute atomic E-state index is 13.5. The fourth-order valence-electron chi connectivity index (χ4n) is 5.05. The molecule has 2 aromatic carbocycles. The number of allylic oxidation sites excluding steroid dienone is 1.